The predicted octanol–water partition coefficient (Wildman–Crippen LogP) is 6.37. The summed E-state index contributed by atoms with van der Waals surface area (Å²) in [5.41, 5.74) is 2.76. The molecule has 1 N–H and O–H groups in total. The molecule has 5 nitrogen and oxygen atoms in total. The topological polar surface area (TPSA) is 66.3 Å². The third-order valence-corrected chi connectivity index (χ3v) is 6.39. The van der Waals surface area contributed by atoms with Crippen LogP contribution < -0.4 is 4.90 Å². The molecule has 0 amide bonds. The first-order chi connectivity index (χ1) is 14.9. The van der Waals surface area contributed by atoms with Crippen LogP contribution in [0.2, 0.25) is 10.0 Å². The molecule has 31 heavy (non-hydrogen) atoms. The van der Waals surface area contributed by atoms with Crippen molar-refractivity contribution in [1.29, 1.82) is 0 Å². The normalized spacial score (nSPS) is 16.0. The maximum Gasteiger partial charge on any atom is 0.339 e. The maximum atomic E-state index is 11.8. The molecule has 1 saturated heterocycles. The van der Waals surface area contributed by atoms with E-state index in [-0.39, 0.29) is 11.6 Å². The van der Waals surface area contributed by atoms with Crippen molar-refractivity contribution in [3.63, 3.8) is 0 Å². The Morgan fingerprint density at radius 2 is 1.84 bits per heavy atom. The molecule has 2 heterocycles. The van der Waals surface area contributed by atoms with E-state index in [2.05, 4.69) is 42.9 Å². The Kier molecular flexibility index (Phi) is 6.80. The van der Waals surface area contributed by atoms with Gasteiger partial charge in [0.2, 0.25) is 5.95 Å². The van der Waals surface area contributed by atoms with E-state index in [1.807, 2.05) is 24.3 Å². The van der Waals surface area contributed by atoms with Gasteiger partial charge in [0.15, 0.2) is 0 Å². The zero-order chi connectivity index (χ0) is 22.0. The summed E-state index contributed by atoms with van der Waals surface area (Å²) in [6.07, 6.45) is 4.48. The van der Waals surface area contributed by atoms with Crippen molar-refractivity contribution in [3.8, 4) is 0 Å². The smallest absolute Gasteiger partial charge is 0.339 e. The molecule has 3 aromatic rings. The number of hydrogen-bond donors (Lipinski definition) is 1. The third-order valence-electron chi connectivity index (χ3n) is 5.42. The number of halogens is 3. The summed E-state index contributed by atoms with van der Waals surface area (Å²) in [4.78, 5) is 23.0. The molecule has 0 radical (unpaired) electrons. The van der Waals surface area contributed by atoms with Crippen molar-refractivity contribution in [2.75, 3.05) is 11.4 Å². The summed E-state index contributed by atoms with van der Waals surface area (Å²) < 4.78 is 1.03. The van der Waals surface area contributed by atoms with Crippen molar-refractivity contribution in [2.45, 2.75) is 31.7 Å². The number of aromatic carboxylic acids is 1. The van der Waals surface area contributed by atoms with E-state index < -0.39 is 5.97 Å². The SMILES string of the molecule is O=C(O)c1cnc(N2CCC[C@H]2c2ccc(Br)cc2)nc1CCc1cc(Cl)cc(Cl)c1. The number of carboxylic acid groups (broad SMARTS) is 1. The molecule has 8 heteroatoms. The molecular formula is C23H20BrCl2N3O2. The number of carboxylic acids is 1. The Morgan fingerprint density at radius 1 is 1.13 bits per heavy atom. The number of aryl methyl sites for hydroxylation is 2. The van der Waals surface area contributed by atoms with Gasteiger partial charge in [-0.25, -0.2) is 14.8 Å². The lowest BCUT2D eigenvalue weighted by Crippen LogP contribution is -2.25. The molecular weight excluding hydrogens is 501 g/mol. The molecule has 0 saturated carbocycles. The molecule has 4 rings (SSSR count). The van der Waals surface area contributed by atoms with Gasteiger partial charge in [-0.15, -0.1) is 0 Å². The van der Waals surface area contributed by atoms with Crippen LogP contribution in [0.5, 0.6) is 0 Å². The van der Waals surface area contributed by atoms with E-state index in [1.54, 1.807) is 6.07 Å². The van der Waals surface area contributed by atoms with Crippen molar-refractivity contribution >= 4 is 51.0 Å². The highest BCUT2D eigenvalue weighted by Gasteiger charge is 2.29. The maximum absolute atomic E-state index is 11.8. The number of anilines is 1. The molecule has 160 valence electrons. The second-order valence-corrected chi connectivity index (χ2v) is 9.30. The van der Waals surface area contributed by atoms with E-state index in [9.17, 15) is 9.90 Å². The number of rotatable bonds is 6. The van der Waals surface area contributed by atoms with E-state index in [0.717, 1.165) is 29.4 Å². The third kappa shape index (κ3) is 5.20. The van der Waals surface area contributed by atoms with Gasteiger partial charge in [0.1, 0.15) is 0 Å². The standard InChI is InChI=1S/C23H20BrCl2N3O2/c24-16-6-4-15(5-7-16)21-2-1-9-29(21)23-27-13-19(22(30)31)20(28-23)8-3-14-10-17(25)12-18(26)11-14/h4-7,10-13,21H,1-3,8-9H2,(H,30,31)/t21-/m0/s1. The summed E-state index contributed by atoms with van der Waals surface area (Å²) in [6, 6.07) is 13.8. The highest BCUT2D eigenvalue weighted by molar-refractivity contribution is 9.10. The van der Waals surface area contributed by atoms with Crippen molar-refractivity contribution < 1.29 is 9.90 Å². The quantitative estimate of drug-likeness (QED) is 0.409. The Morgan fingerprint density at radius 3 is 2.52 bits per heavy atom. The predicted molar refractivity (Wildman–Crippen MR) is 126 cm³/mol. The minimum atomic E-state index is -1.03. The minimum absolute atomic E-state index is 0.122. The molecule has 1 aromatic heterocycles. The fraction of sp³-hybridized carbons (Fsp3) is 0.261. The van der Waals surface area contributed by atoms with Crippen LogP contribution in [-0.2, 0) is 12.8 Å². The molecule has 1 aliphatic rings. The van der Waals surface area contributed by atoms with Crippen LogP contribution in [0, 0.1) is 0 Å². The fourth-order valence-electron chi connectivity index (χ4n) is 3.97. The van der Waals surface area contributed by atoms with Gasteiger partial charge in [-0.05, 0) is 67.1 Å². The van der Waals surface area contributed by atoms with E-state index in [4.69, 9.17) is 23.2 Å². The Hall–Kier alpha value is -2.15. The second kappa shape index (κ2) is 9.55. The van der Waals surface area contributed by atoms with Crippen LogP contribution in [0.25, 0.3) is 0 Å². The highest BCUT2D eigenvalue weighted by atomic mass is 79.9. The van der Waals surface area contributed by atoms with Gasteiger partial charge in [-0.3, -0.25) is 0 Å². The zero-order valence-electron chi connectivity index (χ0n) is 16.6. The first kappa shape index (κ1) is 22.1. The van der Waals surface area contributed by atoms with Crippen LogP contribution in [0.1, 0.15) is 46.1 Å². The Bertz CT molecular complexity index is 1090. The molecule has 1 fully saturated rings. The van der Waals surface area contributed by atoms with Gasteiger partial charge in [-0.2, -0.15) is 0 Å². The number of aromatic nitrogens is 2. The molecule has 1 atom stereocenters. The van der Waals surface area contributed by atoms with Crippen LogP contribution in [0.4, 0.5) is 5.95 Å². The average molecular weight is 521 g/mol. The summed E-state index contributed by atoms with van der Waals surface area (Å²) in [5, 5.41) is 10.7. The van der Waals surface area contributed by atoms with E-state index in [0.29, 0.717) is 34.5 Å². The van der Waals surface area contributed by atoms with Gasteiger partial charge in [0.05, 0.1) is 17.3 Å². The fourth-order valence-corrected chi connectivity index (χ4v) is 4.81. The molecule has 1 aliphatic heterocycles. The largest absolute Gasteiger partial charge is 0.478 e. The van der Waals surface area contributed by atoms with E-state index >= 15 is 0 Å². The average Bonchev–Trinajstić information content (AvgIpc) is 3.21. The van der Waals surface area contributed by atoms with Crippen LogP contribution >= 0.6 is 39.1 Å². The van der Waals surface area contributed by atoms with E-state index in [1.165, 1.54) is 11.8 Å². The Balaban J connectivity index is 1.61. The Labute approximate surface area is 199 Å². The van der Waals surface area contributed by atoms with Crippen LogP contribution in [-0.4, -0.2) is 27.6 Å². The van der Waals surface area contributed by atoms with Gasteiger partial charge in [0, 0.05) is 27.3 Å². The molecule has 0 spiro atoms. The van der Waals surface area contributed by atoms with Gasteiger partial charge in [-0.1, -0.05) is 51.3 Å². The minimum Gasteiger partial charge on any atom is -0.478 e. The number of benzene rings is 2. The molecule has 0 unspecified atom stereocenters. The lowest BCUT2D eigenvalue weighted by molar-refractivity contribution is 0.0694. The summed E-state index contributed by atoms with van der Waals surface area (Å²) >= 11 is 15.7. The number of hydrogen-bond acceptors (Lipinski definition) is 4. The van der Waals surface area contributed by atoms with Crippen molar-refractivity contribution in [2.24, 2.45) is 0 Å². The monoisotopic (exact) mass is 519 g/mol. The summed E-state index contributed by atoms with van der Waals surface area (Å²) in [7, 11) is 0. The number of nitrogens with zero attached hydrogens (tertiary/aromatic N) is 3. The lowest BCUT2D eigenvalue weighted by Gasteiger charge is -2.25. The summed E-state index contributed by atoms with van der Waals surface area (Å²) in [5.74, 6) is -0.467. The van der Waals surface area contributed by atoms with Crippen molar-refractivity contribution in [3.05, 3.63) is 85.6 Å². The zero-order valence-corrected chi connectivity index (χ0v) is 19.7. The van der Waals surface area contributed by atoms with Crippen molar-refractivity contribution in [1.82, 2.24) is 9.97 Å². The summed E-state index contributed by atoms with van der Waals surface area (Å²) in [6.45, 7) is 0.830. The first-order valence-electron chi connectivity index (χ1n) is 9.97. The van der Waals surface area contributed by atoms with Crippen LogP contribution in [0.15, 0.2) is 53.1 Å². The molecule has 2 aromatic carbocycles. The second-order valence-electron chi connectivity index (χ2n) is 7.52. The lowest BCUT2D eigenvalue weighted by atomic mass is 10.0. The number of carbonyl (C=O) groups is 1. The van der Waals surface area contributed by atoms with Crippen LogP contribution in [0.3, 0.4) is 0 Å². The highest BCUT2D eigenvalue weighted by Crippen LogP contribution is 2.35. The molecule has 0 aliphatic carbocycles. The molecule has 0 bridgehead atoms. The van der Waals surface area contributed by atoms with Gasteiger partial charge < -0.3 is 10.0 Å². The first-order valence-corrected chi connectivity index (χ1v) is 11.5. The van der Waals surface area contributed by atoms with Gasteiger partial charge >= 0.3 is 5.97 Å². The van der Waals surface area contributed by atoms with Gasteiger partial charge in [0.25, 0.3) is 0 Å².